The quantitative estimate of drug-likeness (QED) is 0.823. The number of benzene rings is 1. The number of halogens is 2. The molecule has 0 saturated carbocycles. The number of nitrogens with one attached hydrogen (secondary N) is 1. The van der Waals surface area contributed by atoms with Crippen LogP contribution in [0.2, 0.25) is 10.0 Å². The zero-order valence-electron chi connectivity index (χ0n) is 8.89. The highest BCUT2D eigenvalue weighted by Gasteiger charge is 2.15. The molecular weight excluding hydrogens is 277 g/mol. The number of carbonyl (C=O) groups is 1. The molecule has 3 N–H and O–H groups in total. The summed E-state index contributed by atoms with van der Waals surface area (Å²) in [5.41, 5.74) is 6.08. The average Bonchev–Trinajstić information content (AvgIpc) is 2.35. The predicted molar refractivity (Wildman–Crippen MR) is 68.7 cm³/mol. The number of rotatable bonds is 2. The summed E-state index contributed by atoms with van der Waals surface area (Å²) in [6.45, 7) is 0. The van der Waals surface area contributed by atoms with Gasteiger partial charge < -0.3 is 5.73 Å². The fraction of sp³-hybridized carbons (Fsp3) is 0. The van der Waals surface area contributed by atoms with E-state index in [1.54, 1.807) is 0 Å². The van der Waals surface area contributed by atoms with Gasteiger partial charge in [-0.3, -0.25) is 10.1 Å². The number of nitrogen functional groups attached to an aromatic ring is 1. The zero-order chi connectivity index (χ0) is 13.1. The van der Waals surface area contributed by atoms with Crippen molar-refractivity contribution in [2.24, 2.45) is 0 Å². The number of anilines is 2. The van der Waals surface area contributed by atoms with Gasteiger partial charge in [0.2, 0.25) is 5.95 Å². The largest absolute Gasteiger partial charge is 0.399 e. The van der Waals surface area contributed by atoms with E-state index in [1.165, 1.54) is 24.5 Å². The van der Waals surface area contributed by atoms with Gasteiger partial charge >= 0.3 is 0 Å². The molecule has 8 heteroatoms. The van der Waals surface area contributed by atoms with Gasteiger partial charge in [0.15, 0.2) is 0 Å². The molecule has 1 heterocycles. The van der Waals surface area contributed by atoms with Crippen LogP contribution in [0.1, 0.15) is 10.4 Å². The van der Waals surface area contributed by atoms with Gasteiger partial charge in [-0.05, 0) is 12.1 Å². The van der Waals surface area contributed by atoms with E-state index in [2.05, 4.69) is 20.5 Å². The molecule has 18 heavy (non-hydrogen) atoms. The van der Waals surface area contributed by atoms with E-state index in [9.17, 15) is 4.79 Å². The first-order valence-electron chi connectivity index (χ1n) is 4.77. The van der Waals surface area contributed by atoms with Crippen molar-refractivity contribution < 1.29 is 4.79 Å². The standard InChI is InChI=1S/C10H7Cl2N5O/c11-7-4-5(13)3-6(8(7)12)9(18)16-10-14-1-2-15-17-10/h1-4H,13H2,(H,14,16,17,18). The highest BCUT2D eigenvalue weighted by molar-refractivity contribution is 6.44. The molecule has 2 aromatic rings. The maximum Gasteiger partial charge on any atom is 0.259 e. The highest BCUT2D eigenvalue weighted by atomic mass is 35.5. The summed E-state index contributed by atoms with van der Waals surface area (Å²) in [6.07, 6.45) is 2.79. The molecule has 0 saturated heterocycles. The number of nitrogens with zero attached hydrogens (tertiary/aromatic N) is 3. The van der Waals surface area contributed by atoms with Gasteiger partial charge in [-0.15, -0.1) is 5.10 Å². The van der Waals surface area contributed by atoms with E-state index in [0.29, 0.717) is 5.69 Å². The van der Waals surface area contributed by atoms with Crippen molar-refractivity contribution in [1.82, 2.24) is 15.2 Å². The van der Waals surface area contributed by atoms with Gasteiger partial charge in [0, 0.05) is 5.69 Å². The van der Waals surface area contributed by atoms with E-state index < -0.39 is 5.91 Å². The van der Waals surface area contributed by atoms with Crippen molar-refractivity contribution in [3.05, 3.63) is 40.1 Å². The Balaban J connectivity index is 2.30. The molecule has 0 aliphatic heterocycles. The molecule has 0 bridgehead atoms. The van der Waals surface area contributed by atoms with Crippen LogP contribution in [0.25, 0.3) is 0 Å². The van der Waals surface area contributed by atoms with Crippen molar-refractivity contribution in [3.63, 3.8) is 0 Å². The molecule has 0 spiro atoms. The first-order chi connectivity index (χ1) is 8.58. The van der Waals surface area contributed by atoms with Crippen molar-refractivity contribution in [2.75, 3.05) is 11.1 Å². The number of hydrogen-bond acceptors (Lipinski definition) is 5. The first kappa shape index (κ1) is 12.5. The Kier molecular flexibility index (Phi) is 3.59. The Morgan fingerprint density at radius 3 is 2.72 bits per heavy atom. The van der Waals surface area contributed by atoms with Gasteiger partial charge in [0.1, 0.15) is 0 Å². The Morgan fingerprint density at radius 1 is 1.28 bits per heavy atom. The lowest BCUT2D eigenvalue weighted by atomic mass is 10.2. The van der Waals surface area contributed by atoms with Crippen molar-refractivity contribution in [1.29, 1.82) is 0 Å². The fourth-order valence-electron chi connectivity index (χ4n) is 1.25. The van der Waals surface area contributed by atoms with Crippen LogP contribution in [0.15, 0.2) is 24.5 Å². The summed E-state index contributed by atoms with van der Waals surface area (Å²) in [5.74, 6) is -0.445. The lowest BCUT2D eigenvalue weighted by Crippen LogP contribution is -2.15. The minimum Gasteiger partial charge on any atom is -0.399 e. The number of amides is 1. The predicted octanol–water partition coefficient (Wildman–Crippen LogP) is 2.01. The molecule has 92 valence electrons. The van der Waals surface area contributed by atoms with E-state index in [0.717, 1.165) is 0 Å². The number of aromatic nitrogens is 3. The Labute approximate surface area is 112 Å². The van der Waals surface area contributed by atoms with Crippen molar-refractivity contribution in [2.45, 2.75) is 0 Å². The molecular formula is C10H7Cl2N5O. The Hall–Kier alpha value is -1.92. The second-order valence-corrected chi connectivity index (χ2v) is 4.07. The van der Waals surface area contributed by atoms with Gasteiger partial charge in [-0.25, -0.2) is 4.98 Å². The van der Waals surface area contributed by atoms with E-state index in [1.807, 2.05) is 0 Å². The van der Waals surface area contributed by atoms with Gasteiger partial charge in [0.05, 0.1) is 28.0 Å². The molecule has 6 nitrogen and oxygen atoms in total. The lowest BCUT2D eigenvalue weighted by molar-refractivity contribution is 0.102. The molecule has 0 radical (unpaired) electrons. The second-order valence-electron chi connectivity index (χ2n) is 3.28. The molecule has 0 unspecified atom stereocenters. The third-order valence-corrected chi connectivity index (χ3v) is 2.81. The summed E-state index contributed by atoms with van der Waals surface area (Å²) < 4.78 is 0. The van der Waals surface area contributed by atoms with Gasteiger partial charge in [-0.2, -0.15) is 5.10 Å². The summed E-state index contributed by atoms with van der Waals surface area (Å²) in [5, 5.41) is 9.95. The van der Waals surface area contributed by atoms with Crippen molar-refractivity contribution in [3.8, 4) is 0 Å². The fourth-order valence-corrected chi connectivity index (χ4v) is 1.67. The molecule has 2 rings (SSSR count). The molecule has 0 aliphatic rings. The van der Waals surface area contributed by atoms with Crippen LogP contribution in [0, 0.1) is 0 Å². The van der Waals surface area contributed by atoms with Crippen LogP contribution in [0.5, 0.6) is 0 Å². The Morgan fingerprint density at radius 2 is 2.06 bits per heavy atom. The monoisotopic (exact) mass is 283 g/mol. The normalized spacial score (nSPS) is 10.1. The number of hydrogen-bond donors (Lipinski definition) is 2. The molecule has 0 fully saturated rings. The molecule has 1 aromatic carbocycles. The highest BCUT2D eigenvalue weighted by Crippen LogP contribution is 2.29. The van der Waals surface area contributed by atoms with E-state index in [4.69, 9.17) is 28.9 Å². The maximum absolute atomic E-state index is 11.9. The molecule has 0 aliphatic carbocycles. The van der Waals surface area contributed by atoms with Crippen LogP contribution in [-0.4, -0.2) is 21.1 Å². The minimum atomic E-state index is -0.512. The van der Waals surface area contributed by atoms with Crippen LogP contribution < -0.4 is 11.1 Å². The topological polar surface area (TPSA) is 93.8 Å². The summed E-state index contributed by atoms with van der Waals surface area (Å²) >= 11 is 11.8. The van der Waals surface area contributed by atoms with Crippen LogP contribution >= 0.6 is 23.2 Å². The molecule has 0 atom stereocenters. The van der Waals surface area contributed by atoms with Gasteiger partial charge in [-0.1, -0.05) is 23.2 Å². The summed E-state index contributed by atoms with van der Waals surface area (Å²) in [7, 11) is 0. The van der Waals surface area contributed by atoms with Crippen LogP contribution in [0.4, 0.5) is 11.6 Å². The third-order valence-electron chi connectivity index (χ3n) is 2.00. The lowest BCUT2D eigenvalue weighted by Gasteiger charge is -2.07. The molecule has 1 amide bonds. The van der Waals surface area contributed by atoms with Crippen LogP contribution in [0.3, 0.4) is 0 Å². The van der Waals surface area contributed by atoms with Gasteiger partial charge in [0.25, 0.3) is 5.91 Å². The smallest absolute Gasteiger partial charge is 0.259 e. The summed E-state index contributed by atoms with van der Waals surface area (Å²) in [4.78, 5) is 15.7. The summed E-state index contributed by atoms with van der Waals surface area (Å²) in [6, 6.07) is 2.88. The SMILES string of the molecule is Nc1cc(Cl)c(Cl)c(C(=O)Nc2nccnn2)c1. The average molecular weight is 284 g/mol. The van der Waals surface area contributed by atoms with E-state index in [-0.39, 0.29) is 21.6 Å². The second kappa shape index (κ2) is 5.16. The molecule has 1 aromatic heterocycles. The number of carbonyl (C=O) groups excluding carboxylic acids is 1. The number of nitrogens with two attached hydrogens (primary N) is 1. The van der Waals surface area contributed by atoms with Crippen molar-refractivity contribution >= 4 is 40.7 Å². The van der Waals surface area contributed by atoms with E-state index >= 15 is 0 Å². The van der Waals surface area contributed by atoms with Crippen LogP contribution in [-0.2, 0) is 0 Å². The first-order valence-corrected chi connectivity index (χ1v) is 5.53. The minimum absolute atomic E-state index is 0.0668. The Bertz CT molecular complexity index is 590. The maximum atomic E-state index is 11.9. The third kappa shape index (κ3) is 2.66. The zero-order valence-corrected chi connectivity index (χ0v) is 10.4.